The maximum absolute atomic E-state index is 10.1. The van der Waals surface area contributed by atoms with Crippen LogP contribution in [0, 0.1) is 71.6 Å². The van der Waals surface area contributed by atoms with Gasteiger partial charge in [-0.1, -0.05) is 6.07 Å². The van der Waals surface area contributed by atoms with E-state index in [1.165, 1.54) is 12.1 Å². The lowest BCUT2D eigenvalue weighted by Crippen LogP contribution is -1.91. The first kappa shape index (κ1) is 26.2. The molecule has 42 heavy (non-hydrogen) atoms. The van der Waals surface area contributed by atoms with Crippen LogP contribution >= 0.6 is 0 Å². The highest BCUT2D eigenvalue weighted by Crippen LogP contribution is 2.51. The van der Waals surface area contributed by atoms with Crippen LogP contribution in [0.1, 0.15) is 27.8 Å². The van der Waals surface area contributed by atoms with E-state index in [1.54, 1.807) is 48.5 Å². The average Bonchev–Trinajstić information content (AvgIpc) is 3.35. The molecule has 4 aromatic carbocycles. The summed E-state index contributed by atoms with van der Waals surface area (Å²) >= 11 is 0. The summed E-state index contributed by atoms with van der Waals surface area (Å²) in [6.07, 6.45) is 0. The Bertz CT molecular complexity index is 2060. The van der Waals surface area contributed by atoms with Crippen LogP contribution in [0.5, 0.6) is 0 Å². The number of fused-ring (bicyclic) bond motifs is 3. The Morgan fingerprint density at radius 3 is 1.55 bits per heavy atom. The standard InChI is InChI=1S/C34H10N8/c1-39-24-7-19(15-35)5-21(9-24)26-12-28-29-13-27(22-6-20(16-36)8-25(10-22)40-2)32(41-3)14-31(29)34(33(18-38)42-4)30(28)11-23(26)17-37/h5-14H/b34-33-. The second-order valence-corrected chi connectivity index (χ2v) is 9.01. The molecule has 0 amide bonds. The number of nitrogens with zero attached hydrogens (tertiary/aromatic N) is 8. The van der Waals surface area contributed by atoms with Crippen LogP contribution in [0.25, 0.3) is 58.3 Å². The van der Waals surface area contributed by atoms with Crippen LogP contribution in [-0.4, -0.2) is 0 Å². The quantitative estimate of drug-likeness (QED) is 0.168. The molecule has 0 unspecified atom stereocenters. The lowest BCUT2D eigenvalue weighted by molar-refractivity contribution is 1.46. The third-order valence-corrected chi connectivity index (χ3v) is 6.79. The number of rotatable bonds is 2. The van der Waals surface area contributed by atoms with Crippen molar-refractivity contribution in [3.8, 4) is 57.7 Å². The highest BCUT2D eigenvalue weighted by molar-refractivity contribution is 6.07. The first-order valence-electron chi connectivity index (χ1n) is 12.0. The highest BCUT2D eigenvalue weighted by Gasteiger charge is 2.30. The molecule has 0 heterocycles. The van der Waals surface area contributed by atoms with E-state index in [4.69, 9.17) is 26.3 Å². The number of benzene rings is 4. The Hall–Kier alpha value is -7.46. The van der Waals surface area contributed by atoms with Gasteiger partial charge in [0.15, 0.2) is 17.1 Å². The molecule has 0 aromatic heterocycles. The Balaban J connectivity index is 1.90. The molecule has 0 spiro atoms. The molecule has 5 rings (SSSR count). The molecule has 0 atom stereocenters. The molecule has 8 nitrogen and oxygen atoms in total. The Morgan fingerprint density at radius 2 is 1.07 bits per heavy atom. The van der Waals surface area contributed by atoms with E-state index < -0.39 is 0 Å². The third-order valence-electron chi connectivity index (χ3n) is 6.79. The van der Waals surface area contributed by atoms with Gasteiger partial charge in [-0.05, 0) is 99.1 Å². The largest absolute Gasteiger partial charge is 0.270 e. The maximum atomic E-state index is 10.1. The van der Waals surface area contributed by atoms with E-state index in [1.807, 2.05) is 18.2 Å². The summed E-state index contributed by atoms with van der Waals surface area (Å²) in [5, 5.41) is 38.9. The van der Waals surface area contributed by atoms with E-state index in [-0.39, 0.29) is 45.0 Å². The molecule has 0 saturated carbocycles. The fourth-order valence-corrected chi connectivity index (χ4v) is 5.03. The molecule has 0 N–H and O–H groups in total. The minimum Gasteiger partial charge on any atom is -0.238 e. The van der Waals surface area contributed by atoms with Gasteiger partial charge in [0.2, 0.25) is 0 Å². The summed E-state index contributed by atoms with van der Waals surface area (Å²) in [7, 11) is 0. The smallest absolute Gasteiger partial charge is 0.238 e. The van der Waals surface area contributed by atoms with Crippen molar-refractivity contribution < 1.29 is 0 Å². The van der Waals surface area contributed by atoms with Gasteiger partial charge in [-0.15, -0.1) is 0 Å². The lowest BCUT2D eigenvalue weighted by atomic mass is 9.91. The van der Waals surface area contributed by atoms with Gasteiger partial charge in [0.1, 0.15) is 0 Å². The lowest BCUT2D eigenvalue weighted by Gasteiger charge is -2.12. The molecule has 8 heteroatoms. The van der Waals surface area contributed by atoms with Crippen molar-refractivity contribution in [1.82, 2.24) is 0 Å². The number of nitriles is 4. The average molecular weight is 531 g/mol. The second kappa shape index (κ2) is 10.4. The molecule has 4 aromatic rings. The SMILES string of the molecule is [C-]#[N+]/C(C#N)=C1/c2cc(C#N)c(-c3cc(C#N)cc([N+]#[C-])c3)cc2-c2cc(-c3cc(C#N)cc([N+]#[C-])c3)c([N+]#[C-])cc21. The monoisotopic (exact) mass is 530 g/mol. The Kier molecular flexibility index (Phi) is 6.45. The molecule has 0 bridgehead atoms. The zero-order valence-electron chi connectivity index (χ0n) is 21.4. The van der Waals surface area contributed by atoms with Crippen LogP contribution in [0.4, 0.5) is 17.1 Å². The van der Waals surface area contributed by atoms with Crippen LogP contribution in [-0.2, 0) is 0 Å². The summed E-state index contributed by atoms with van der Waals surface area (Å²) < 4.78 is 0. The van der Waals surface area contributed by atoms with Gasteiger partial charge in [0.25, 0.3) is 5.70 Å². The summed E-state index contributed by atoms with van der Waals surface area (Å²) in [6, 6.07) is 24.0. The first-order valence-corrected chi connectivity index (χ1v) is 12.0. The molecular weight excluding hydrogens is 520 g/mol. The third kappa shape index (κ3) is 4.13. The van der Waals surface area contributed by atoms with Crippen LogP contribution in [0.15, 0.2) is 66.4 Å². The normalized spacial score (nSPS) is 11.4. The summed E-state index contributed by atoms with van der Waals surface area (Å²) in [6.45, 7) is 30.4. The predicted octanol–water partition coefficient (Wildman–Crippen LogP) is 8.47. The summed E-state index contributed by atoms with van der Waals surface area (Å²) in [5.41, 5.74) is 5.39. The minimum absolute atomic E-state index is 0.191. The maximum Gasteiger partial charge on any atom is 0.270 e. The van der Waals surface area contributed by atoms with Crippen molar-refractivity contribution in [3.63, 3.8) is 0 Å². The topological polar surface area (TPSA) is 113 Å². The Labute approximate surface area is 241 Å². The fraction of sp³-hybridized carbons (Fsp3) is 0. The van der Waals surface area contributed by atoms with Crippen molar-refractivity contribution in [2.45, 2.75) is 0 Å². The summed E-state index contributed by atoms with van der Waals surface area (Å²) in [5.74, 6) is 0. The molecular formula is C34H10N8. The Morgan fingerprint density at radius 1 is 0.524 bits per heavy atom. The summed E-state index contributed by atoms with van der Waals surface area (Å²) in [4.78, 5) is 14.0. The van der Waals surface area contributed by atoms with Gasteiger partial charge >= 0.3 is 0 Å². The molecule has 186 valence electrons. The van der Waals surface area contributed by atoms with Crippen molar-refractivity contribution >= 4 is 22.6 Å². The second-order valence-electron chi connectivity index (χ2n) is 9.01. The molecule has 0 aliphatic heterocycles. The fourth-order valence-electron chi connectivity index (χ4n) is 5.03. The van der Waals surface area contributed by atoms with E-state index in [9.17, 15) is 21.0 Å². The minimum atomic E-state index is -0.209. The zero-order valence-corrected chi connectivity index (χ0v) is 21.4. The van der Waals surface area contributed by atoms with E-state index >= 15 is 0 Å². The van der Waals surface area contributed by atoms with Gasteiger partial charge in [-0.25, -0.2) is 24.6 Å². The molecule has 0 saturated heterocycles. The van der Waals surface area contributed by atoms with Gasteiger partial charge in [0.05, 0.1) is 56.1 Å². The van der Waals surface area contributed by atoms with E-state index in [0.29, 0.717) is 44.5 Å². The van der Waals surface area contributed by atoms with Crippen molar-refractivity contribution in [2.75, 3.05) is 0 Å². The number of allylic oxidation sites excluding steroid dienone is 1. The van der Waals surface area contributed by atoms with Gasteiger partial charge in [-0.3, -0.25) is 0 Å². The van der Waals surface area contributed by atoms with Crippen molar-refractivity contribution in [3.05, 3.63) is 140 Å². The molecule has 1 aliphatic rings. The van der Waals surface area contributed by atoms with Crippen molar-refractivity contribution in [1.29, 1.82) is 21.0 Å². The molecule has 0 fully saturated rings. The number of hydrogen-bond donors (Lipinski definition) is 0. The highest BCUT2D eigenvalue weighted by atomic mass is 14.7. The van der Waals surface area contributed by atoms with Crippen molar-refractivity contribution in [2.24, 2.45) is 0 Å². The van der Waals surface area contributed by atoms with E-state index in [2.05, 4.69) is 25.4 Å². The van der Waals surface area contributed by atoms with Crippen LogP contribution < -0.4 is 0 Å². The molecule has 0 radical (unpaired) electrons. The van der Waals surface area contributed by atoms with E-state index in [0.717, 1.165) is 0 Å². The van der Waals surface area contributed by atoms with Gasteiger partial charge in [-0.2, -0.15) is 15.8 Å². The first-order chi connectivity index (χ1) is 20.4. The van der Waals surface area contributed by atoms with Crippen LogP contribution in [0.3, 0.4) is 0 Å². The predicted molar refractivity (Wildman–Crippen MR) is 154 cm³/mol. The zero-order chi connectivity index (χ0) is 30.0. The van der Waals surface area contributed by atoms with Gasteiger partial charge < -0.3 is 0 Å². The molecule has 1 aliphatic carbocycles. The van der Waals surface area contributed by atoms with Crippen LogP contribution in [0.2, 0.25) is 0 Å². The van der Waals surface area contributed by atoms with Gasteiger partial charge in [0, 0.05) is 16.7 Å². The number of hydrogen-bond acceptors (Lipinski definition) is 4.